The molecular formula is C16H18N5O2S+. The first-order valence-corrected chi connectivity index (χ1v) is 8.78. The number of nitrogens with two attached hydrogens (primary N) is 1. The van der Waals surface area contributed by atoms with Crippen molar-refractivity contribution < 1.29 is 14.0 Å². The molecule has 4 rings (SSSR count). The molecule has 3 heterocycles. The minimum absolute atomic E-state index is 0.281. The third-order valence-corrected chi connectivity index (χ3v) is 5.38. The standard InChI is InChI=1S/C16H17N5O2S/c1-21-8-12(23-20-21)19-15(22)14-13(17)10-7-9-5-3-2-4-6-11(9)18-16(10)24-14/h7-8H,2-6H2,1H3,(H2-,17,19,20,22)/p+1. The Morgan fingerprint density at radius 3 is 3.00 bits per heavy atom. The maximum atomic E-state index is 12.5. The van der Waals surface area contributed by atoms with E-state index in [1.54, 1.807) is 13.2 Å². The number of fused-ring (bicyclic) bond motifs is 2. The van der Waals surface area contributed by atoms with Crippen LogP contribution in [0.2, 0.25) is 0 Å². The van der Waals surface area contributed by atoms with Crippen molar-refractivity contribution in [3.05, 3.63) is 28.4 Å². The molecule has 0 radical (unpaired) electrons. The Hall–Kier alpha value is -2.48. The van der Waals surface area contributed by atoms with Gasteiger partial charge in [0, 0.05) is 11.1 Å². The molecule has 3 N–H and O–H groups in total. The first-order chi connectivity index (χ1) is 11.6. The van der Waals surface area contributed by atoms with Gasteiger partial charge in [0.15, 0.2) is 12.3 Å². The molecule has 0 bridgehead atoms. The zero-order valence-corrected chi connectivity index (χ0v) is 14.2. The normalized spacial score (nSPS) is 14.4. The predicted octanol–water partition coefficient (Wildman–Crippen LogP) is 2.21. The number of rotatable bonds is 2. The van der Waals surface area contributed by atoms with Crippen molar-refractivity contribution in [2.75, 3.05) is 11.1 Å². The summed E-state index contributed by atoms with van der Waals surface area (Å²) in [6.45, 7) is 0. The van der Waals surface area contributed by atoms with Crippen LogP contribution in [0.3, 0.4) is 0 Å². The quantitative estimate of drug-likeness (QED) is 0.549. The Kier molecular flexibility index (Phi) is 3.68. The van der Waals surface area contributed by atoms with E-state index in [9.17, 15) is 4.79 Å². The molecule has 24 heavy (non-hydrogen) atoms. The van der Waals surface area contributed by atoms with Gasteiger partial charge in [0.25, 0.3) is 12.1 Å². The number of nitrogens with one attached hydrogen (secondary N) is 1. The number of anilines is 2. The summed E-state index contributed by atoms with van der Waals surface area (Å²) in [5, 5.41) is 7.22. The highest BCUT2D eigenvalue weighted by molar-refractivity contribution is 7.21. The summed E-state index contributed by atoms with van der Waals surface area (Å²) in [5.41, 5.74) is 9.12. The van der Waals surface area contributed by atoms with Crippen molar-refractivity contribution in [3.8, 4) is 0 Å². The summed E-state index contributed by atoms with van der Waals surface area (Å²) in [6, 6.07) is 2.11. The van der Waals surface area contributed by atoms with E-state index in [0.717, 1.165) is 28.8 Å². The van der Waals surface area contributed by atoms with E-state index < -0.39 is 0 Å². The van der Waals surface area contributed by atoms with Gasteiger partial charge in [-0.05, 0) is 37.3 Å². The second-order valence-electron chi connectivity index (χ2n) is 6.05. The molecule has 0 fully saturated rings. The van der Waals surface area contributed by atoms with Crippen LogP contribution < -0.4 is 15.7 Å². The van der Waals surface area contributed by atoms with E-state index in [1.165, 1.54) is 40.8 Å². The van der Waals surface area contributed by atoms with Gasteiger partial charge in [-0.15, -0.1) is 11.3 Å². The van der Waals surface area contributed by atoms with Crippen molar-refractivity contribution in [1.29, 1.82) is 0 Å². The number of hydrogen-bond donors (Lipinski definition) is 2. The highest BCUT2D eigenvalue weighted by Crippen LogP contribution is 2.35. The highest BCUT2D eigenvalue weighted by atomic mass is 32.1. The van der Waals surface area contributed by atoms with Crippen LogP contribution >= 0.6 is 11.3 Å². The molecule has 0 aliphatic heterocycles. The second-order valence-corrected chi connectivity index (χ2v) is 7.05. The number of nitrogens with zero attached hydrogens (tertiary/aromatic N) is 3. The van der Waals surface area contributed by atoms with E-state index in [-0.39, 0.29) is 11.8 Å². The molecule has 3 aromatic heterocycles. The summed E-state index contributed by atoms with van der Waals surface area (Å²) in [6.07, 6.45) is 7.20. The molecule has 0 saturated carbocycles. The van der Waals surface area contributed by atoms with Crippen LogP contribution in [0, 0.1) is 0 Å². The predicted molar refractivity (Wildman–Crippen MR) is 90.9 cm³/mol. The number of nitrogen functional groups attached to an aromatic ring is 1. The molecule has 0 unspecified atom stereocenters. The SMILES string of the molecule is C[n+]1cc(NC(=O)c2sc3nc4c(cc3c2N)CCCCC4)on1. The largest absolute Gasteiger partial charge is 0.397 e. The van der Waals surface area contributed by atoms with Gasteiger partial charge in [0.1, 0.15) is 9.71 Å². The van der Waals surface area contributed by atoms with Gasteiger partial charge in [-0.2, -0.15) is 0 Å². The second kappa shape index (κ2) is 5.86. The Labute approximate surface area is 142 Å². The number of hydrogen-bond acceptors (Lipinski definition) is 6. The van der Waals surface area contributed by atoms with Crippen LogP contribution in [0.15, 0.2) is 16.8 Å². The molecule has 1 amide bonds. The Morgan fingerprint density at radius 2 is 2.21 bits per heavy atom. The first kappa shape index (κ1) is 15.1. The number of pyridine rings is 1. The summed E-state index contributed by atoms with van der Waals surface area (Å²) >= 11 is 1.32. The fraction of sp³-hybridized carbons (Fsp3) is 0.375. The minimum Gasteiger partial charge on any atom is -0.397 e. The Balaban J connectivity index is 1.71. The van der Waals surface area contributed by atoms with Crippen molar-refractivity contribution in [2.45, 2.75) is 32.1 Å². The number of amides is 1. The third kappa shape index (κ3) is 2.62. The number of carbonyl (C=O) groups excluding carboxylic acids is 1. The molecule has 0 spiro atoms. The maximum absolute atomic E-state index is 12.5. The molecule has 7 nitrogen and oxygen atoms in total. The van der Waals surface area contributed by atoms with Gasteiger partial charge in [-0.3, -0.25) is 14.6 Å². The smallest absolute Gasteiger partial charge is 0.302 e. The summed E-state index contributed by atoms with van der Waals surface area (Å²) in [5.74, 6) is -0.0226. The number of carbonyl (C=O) groups is 1. The van der Waals surface area contributed by atoms with E-state index in [0.29, 0.717) is 10.6 Å². The van der Waals surface area contributed by atoms with Crippen molar-refractivity contribution in [3.63, 3.8) is 0 Å². The summed E-state index contributed by atoms with van der Waals surface area (Å²) in [4.78, 5) is 18.5. The summed E-state index contributed by atoms with van der Waals surface area (Å²) < 4.78 is 6.47. The fourth-order valence-electron chi connectivity index (χ4n) is 3.05. The molecule has 3 aromatic rings. The minimum atomic E-state index is -0.303. The van der Waals surface area contributed by atoms with Crippen LogP contribution in [0.4, 0.5) is 11.6 Å². The van der Waals surface area contributed by atoms with E-state index in [4.69, 9.17) is 15.2 Å². The lowest BCUT2D eigenvalue weighted by molar-refractivity contribution is -0.739. The van der Waals surface area contributed by atoms with Gasteiger partial charge >= 0.3 is 5.88 Å². The average molecular weight is 344 g/mol. The molecule has 124 valence electrons. The molecule has 1 aliphatic carbocycles. The maximum Gasteiger partial charge on any atom is 0.302 e. The van der Waals surface area contributed by atoms with Crippen molar-refractivity contribution in [1.82, 2.24) is 10.3 Å². The van der Waals surface area contributed by atoms with Gasteiger partial charge in [-0.1, -0.05) is 11.1 Å². The first-order valence-electron chi connectivity index (χ1n) is 7.96. The third-order valence-electron chi connectivity index (χ3n) is 4.26. The zero-order chi connectivity index (χ0) is 16.7. The van der Waals surface area contributed by atoms with E-state index in [1.807, 2.05) is 0 Å². The van der Waals surface area contributed by atoms with Gasteiger partial charge in [-0.25, -0.2) is 4.98 Å². The zero-order valence-electron chi connectivity index (χ0n) is 13.3. The monoisotopic (exact) mass is 344 g/mol. The summed E-state index contributed by atoms with van der Waals surface area (Å²) in [7, 11) is 1.71. The molecule has 1 aliphatic rings. The van der Waals surface area contributed by atoms with Crippen LogP contribution in [0.1, 0.15) is 40.2 Å². The van der Waals surface area contributed by atoms with Crippen molar-refractivity contribution in [2.24, 2.45) is 7.05 Å². The number of aromatic nitrogens is 3. The Bertz CT molecular complexity index is 930. The molecule has 0 atom stereocenters. The molecular weight excluding hydrogens is 326 g/mol. The van der Waals surface area contributed by atoms with E-state index in [2.05, 4.69) is 16.7 Å². The van der Waals surface area contributed by atoms with Crippen LogP contribution in [0.5, 0.6) is 0 Å². The van der Waals surface area contributed by atoms with Gasteiger partial charge < -0.3 is 5.73 Å². The van der Waals surface area contributed by atoms with Crippen LogP contribution in [0.25, 0.3) is 10.2 Å². The van der Waals surface area contributed by atoms with E-state index >= 15 is 0 Å². The topological polar surface area (TPSA) is 97.9 Å². The highest BCUT2D eigenvalue weighted by Gasteiger charge is 2.21. The number of thiophene rings is 1. The lowest BCUT2D eigenvalue weighted by Gasteiger charge is -2.04. The Morgan fingerprint density at radius 1 is 1.38 bits per heavy atom. The number of aryl methyl sites for hydroxylation is 3. The average Bonchev–Trinajstić information content (AvgIpc) is 3.01. The fourth-order valence-corrected chi connectivity index (χ4v) is 4.05. The van der Waals surface area contributed by atoms with Gasteiger partial charge in [0.2, 0.25) is 0 Å². The molecule has 0 saturated heterocycles. The van der Waals surface area contributed by atoms with Crippen LogP contribution in [-0.2, 0) is 19.9 Å². The molecule has 0 aromatic carbocycles. The van der Waals surface area contributed by atoms with Crippen molar-refractivity contribution >= 4 is 39.0 Å². The lowest BCUT2D eigenvalue weighted by Crippen LogP contribution is -2.28. The van der Waals surface area contributed by atoms with Gasteiger partial charge in [0.05, 0.1) is 5.69 Å². The molecule has 8 heteroatoms. The van der Waals surface area contributed by atoms with Crippen LogP contribution in [-0.4, -0.2) is 16.2 Å². The lowest BCUT2D eigenvalue weighted by atomic mass is 10.1.